The van der Waals surface area contributed by atoms with Gasteiger partial charge in [-0.1, -0.05) is 0 Å². The number of nitrogens with one attached hydrogen (secondary N) is 1. The van der Waals surface area contributed by atoms with Crippen molar-refractivity contribution < 1.29 is 37.1 Å². The zero-order valence-electron chi connectivity index (χ0n) is 12.1. The van der Waals surface area contributed by atoms with Gasteiger partial charge in [0.05, 0.1) is 16.9 Å². The van der Waals surface area contributed by atoms with E-state index in [-0.39, 0.29) is 11.3 Å². The molecule has 0 unspecified atom stereocenters. The molecule has 1 aliphatic heterocycles. The Kier molecular flexibility index (Phi) is 4.72. The van der Waals surface area contributed by atoms with Crippen LogP contribution >= 0.6 is 0 Å². The molecule has 0 fully saturated rings. The Labute approximate surface area is 136 Å². The molecular formula is C15H8F4N2O4. The van der Waals surface area contributed by atoms with E-state index in [0.29, 0.717) is 12.1 Å². The summed E-state index contributed by atoms with van der Waals surface area (Å²) in [6, 6.07) is 2.70. The topological polar surface area (TPSA) is 109 Å². The van der Waals surface area contributed by atoms with Crippen LogP contribution in [0, 0.1) is 23.3 Å². The molecule has 25 heavy (non-hydrogen) atoms. The van der Waals surface area contributed by atoms with Gasteiger partial charge in [0.15, 0.2) is 0 Å². The lowest BCUT2D eigenvalue weighted by Gasteiger charge is -2.01. The van der Waals surface area contributed by atoms with Gasteiger partial charge in [-0.15, -0.1) is 0 Å². The molecular weight excluding hydrogens is 348 g/mol. The number of rotatable bonds is 1. The number of halogens is 4. The van der Waals surface area contributed by atoms with Crippen molar-refractivity contribution in [2.75, 3.05) is 11.1 Å². The largest absolute Gasteiger partial charge is 0.478 e. The van der Waals surface area contributed by atoms with Gasteiger partial charge in [-0.25, -0.2) is 22.4 Å². The smallest absolute Gasteiger partial charge is 0.340 e. The first-order valence-corrected chi connectivity index (χ1v) is 6.44. The molecule has 6 nitrogen and oxygen atoms in total. The SMILES string of the molecule is Nc1cc(F)cc(F)c1C(=O)O.O=C1Nc2cc(F)cc(F)c2C1=O. The first kappa shape index (κ1) is 17.9. The summed E-state index contributed by atoms with van der Waals surface area (Å²) in [6.07, 6.45) is 0. The number of Topliss-reactive ketones (excluding diaryl/α,β-unsaturated/α-hetero) is 1. The van der Waals surface area contributed by atoms with Crippen LogP contribution in [0.25, 0.3) is 0 Å². The quantitative estimate of drug-likeness (QED) is 0.413. The van der Waals surface area contributed by atoms with Crippen LogP contribution in [-0.2, 0) is 4.79 Å². The molecule has 0 aromatic heterocycles. The number of anilines is 2. The predicted octanol–water partition coefficient (Wildman–Crippen LogP) is 2.34. The fraction of sp³-hybridized carbons (Fsp3) is 0. The second kappa shape index (κ2) is 6.59. The van der Waals surface area contributed by atoms with E-state index in [2.05, 4.69) is 5.32 Å². The van der Waals surface area contributed by atoms with Crippen molar-refractivity contribution in [3.05, 3.63) is 58.7 Å². The van der Waals surface area contributed by atoms with Gasteiger partial charge < -0.3 is 16.2 Å². The monoisotopic (exact) mass is 356 g/mol. The number of ketones is 1. The lowest BCUT2D eigenvalue weighted by atomic mass is 10.1. The second-order valence-corrected chi connectivity index (χ2v) is 4.75. The number of nitrogen functional groups attached to an aromatic ring is 1. The van der Waals surface area contributed by atoms with Gasteiger partial charge in [0, 0.05) is 12.1 Å². The first-order valence-electron chi connectivity index (χ1n) is 6.44. The van der Waals surface area contributed by atoms with Crippen molar-refractivity contribution in [1.82, 2.24) is 0 Å². The molecule has 0 aliphatic carbocycles. The van der Waals surface area contributed by atoms with E-state index >= 15 is 0 Å². The van der Waals surface area contributed by atoms with Gasteiger partial charge in [-0.2, -0.15) is 0 Å². The van der Waals surface area contributed by atoms with Crippen LogP contribution in [0.4, 0.5) is 28.9 Å². The number of benzene rings is 2. The van der Waals surface area contributed by atoms with E-state index in [1.807, 2.05) is 0 Å². The van der Waals surface area contributed by atoms with Gasteiger partial charge in [0.1, 0.15) is 28.8 Å². The summed E-state index contributed by atoms with van der Waals surface area (Å²) in [5, 5.41) is 10.5. The van der Waals surface area contributed by atoms with E-state index in [4.69, 9.17) is 10.8 Å². The fourth-order valence-corrected chi connectivity index (χ4v) is 2.01. The maximum Gasteiger partial charge on any atom is 0.340 e. The van der Waals surface area contributed by atoms with Gasteiger partial charge in [0.25, 0.3) is 11.7 Å². The number of carbonyl (C=O) groups excluding carboxylic acids is 2. The van der Waals surface area contributed by atoms with E-state index < -0.39 is 52.2 Å². The maximum absolute atomic E-state index is 12.9. The molecule has 4 N–H and O–H groups in total. The van der Waals surface area contributed by atoms with Crippen molar-refractivity contribution in [1.29, 1.82) is 0 Å². The lowest BCUT2D eigenvalue weighted by molar-refractivity contribution is -0.112. The Morgan fingerprint density at radius 2 is 1.52 bits per heavy atom. The number of nitrogens with two attached hydrogens (primary N) is 1. The van der Waals surface area contributed by atoms with Gasteiger partial charge in [-0.3, -0.25) is 9.59 Å². The average molecular weight is 356 g/mol. The number of carboxylic acid groups (broad SMARTS) is 1. The van der Waals surface area contributed by atoms with Crippen LogP contribution in [0.15, 0.2) is 24.3 Å². The third-order valence-corrected chi connectivity index (χ3v) is 3.04. The average Bonchev–Trinajstić information content (AvgIpc) is 2.72. The number of hydrogen-bond acceptors (Lipinski definition) is 4. The predicted molar refractivity (Wildman–Crippen MR) is 77.0 cm³/mol. The number of carboxylic acids is 1. The zero-order chi connectivity index (χ0) is 18.9. The van der Waals surface area contributed by atoms with Gasteiger partial charge in [0.2, 0.25) is 0 Å². The highest BCUT2D eigenvalue weighted by molar-refractivity contribution is 6.51. The van der Waals surface area contributed by atoms with Gasteiger partial charge >= 0.3 is 5.97 Å². The lowest BCUT2D eigenvalue weighted by Crippen LogP contribution is -2.12. The minimum Gasteiger partial charge on any atom is -0.478 e. The first-order chi connectivity index (χ1) is 11.6. The zero-order valence-corrected chi connectivity index (χ0v) is 12.1. The van der Waals surface area contributed by atoms with Crippen molar-refractivity contribution in [3.63, 3.8) is 0 Å². The van der Waals surface area contributed by atoms with Crippen LogP contribution in [0.2, 0.25) is 0 Å². The second-order valence-electron chi connectivity index (χ2n) is 4.75. The normalized spacial score (nSPS) is 12.2. The highest BCUT2D eigenvalue weighted by Gasteiger charge is 2.31. The summed E-state index contributed by atoms with van der Waals surface area (Å²) in [6.45, 7) is 0. The summed E-state index contributed by atoms with van der Waals surface area (Å²) in [5.41, 5.74) is 3.46. The third kappa shape index (κ3) is 3.57. The van der Waals surface area contributed by atoms with E-state index in [0.717, 1.165) is 12.1 Å². The molecule has 0 spiro atoms. The van der Waals surface area contributed by atoms with Crippen molar-refractivity contribution in [2.45, 2.75) is 0 Å². The Morgan fingerprint density at radius 3 is 2.08 bits per heavy atom. The number of aromatic carboxylic acids is 1. The minimum absolute atomic E-state index is 0.104. The molecule has 0 radical (unpaired) electrons. The molecule has 3 rings (SSSR count). The van der Waals surface area contributed by atoms with E-state index in [1.165, 1.54) is 0 Å². The summed E-state index contributed by atoms with van der Waals surface area (Å²) in [5.74, 6) is -7.31. The molecule has 1 amide bonds. The molecule has 0 atom stereocenters. The van der Waals surface area contributed by atoms with Gasteiger partial charge in [-0.05, 0) is 12.1 Å². The van der Waals surface area contributed by atoms with Crippen molar-refractivity contribution in [3.8, 4) is 0 Å². The maximum atomic E-state index is 12.9. The minimum atomic E-state index is -1.51. The summed E-state index contributed by atoms with van der Waals surface area (Å²) in [7, 11) is 0. The van der Waals surface area contributed by atoms with E-state index in [9.17, 15) is 31.9 Å². The Bertz CT molecular complexity index is 892. The molecule has 2 aromatic carbocycles. The van der Waals surface area contributed by atoms with Crippen LogP contribution in [0.5, 0.6) is 0 Å². The molecule has 10 heteroatoms. The Morgan fingerprint density at radius 1 is 0.960 bits per heavy atom. The molecule has 0 saturated carbocycles. The van der Waals surface area contributed by atoms with Crippen LogP contribution < -0.4 is 11.1 Å². The summed E-state index contributed by atoms with van der Waals surface area (Å²) < 4.78 is 50.5. The fourth-order valence-electron chi connectivity index (χ4n) is 2.01. The summed E-state index contributed by atoms with van der Waals surface area (Å²) >= 11 is 0. The molecule has 2 aromatic rings. The molecule has 0 bridgehead atoms. The standard InChI is InChI=1S/C8H3F2NO2.C7H5F2NO2/c9-3-1-4(10)6-5(2-3)11-8(13)7(6)12;8-3-1-4(9)6(7(11)12)5(10)2-3/h1-2H,(H,11,12,13);1-2H,10H2,(H,11,12). The highest BCUT2D eigenvalue weighted by Crippen LogP contribution is 2.26. The molecule has 1 heterocycles. The van der Waals surface area contributed by atoms with Crippen molar-refractivity contribution >= 4 is 29.0 Å². The summed E-state index contributed by atoms with van der Waals surface area (Å²) in [4.78, 5) is 32.0. The van der Waals surface area contributed by atoms with Crippen LogP contribution in [0.3, 0.4) is 0 Å². The number of amides is 1. The third-order valence-electron chi connectivity index (χ3n) is 3.04. The number of fused-ring (bicyclic) bond motifs is 1. The Hall–Kier alpha value is -3.43. The van der Waals surface area contributed by atoms with E-state index in [1.54, 1.807) is 0 Å². The van der Waals surface area contributed by atoms with Crippen LogP contribution in [-0.4, -0.2) is 22.8 Å². The molecule has 0 saturated heterocycles. The molecule has 130 valence electrons. The number of carbonyl (C=O) groups is 3. The Balaban J connectivity index is 0.000000181. The number of hydrogen-bond donors (Lipinski definition) is 3. The van der Waals surface area contributed by atoms with Crippen molar-refractivity contribution in [2.24, 2.45) is 0 Å². The molecule has 1 aliphatic rings. The van der Waals surface area contributed by atoms with Crippen LogP contribution in [0.1, 0.15) is 20.7 Å². The highest BCUT2D eigenvalue weighted by atomic mass is 19.1.